The Morgan fingerprint density at radius 1 is 1.16 bits per heavy atom. The molecule has 3 rings (SSSR count). The molecule has 1 aliphatic rings. The van der Waals surface area contributed by atoms with Gasteiger partial charge in [0.25, 0.3) is 11.8 Å². The minimum atomic E-state index is -0.863. The fourth-order valence-corrected chi connectivity index (χ4v) is 4.16. The molecule has 0 spiro atoms. The summed E-state index contributed by atoms with van der Waals surface area (Å²) in [5.74, 6) is -0.713. The van der Waals surface area contributed by atoms with Crippen LogP contribution >= 0.6 is 23.4 Å². The van der Waals surface area contributed by atoms with Gasteiger partial charge in [-0.3, -0.25) is 9.59 Å². The molecule has 8 heteroatoms. The zero-order chi connectivity index (χ0) is 22.2. The molecule has 0 radical (unpaired) electrons. The summed E-state index contributed by atoms with van der Waals surface area (Å²) in [5.41, 5.74) is 2.26. The lowest BCUT2D eigenvalue weighted by Crippen LogP contribution is -2.44. The first-order valence-electron chi connectivity index (χ1n) is 10.1. The second-order valence-corrected chi connectivity index (χ2v) is 8.57. The van der Waals surface area contributed by atoms with Crippen LogP contribution < -0.4 is 10.2 Å². The molecule has 164 valence electrons. The third-order valence-corrected chi connectivity index (χ3v) is 6.04. The van der Waals surface area contributed by atoms with E-state index >= 15 is 0 Å². The Kier molecular flexibility index (Phi) is 8.37. The van der Waals surface area contributed by atoms with Gasteiger partial charge in [-0.2, -0.15) is 11.8 Å². The Morgan fingerprint density at radius 2 is 1.90 bits per heavy atom. The molecular weight excluding hydrogens is 436 g/mol. The van der Waals surface area contributed by atoms with Crippen molar-refractivity contribution in [2.24, 2.45) is 0 Å². The van der Waals surface area contributed by atoms with E-state index in [4.69, 9.17) is 16.3 Å². The van der Waals surface area contributed by atoms with E-state index in [0.29, 0.717) is 23.7 Å². The lowest BCUT2D eigenvalue weighted by molar-refractivity contribution is -0.149. The number of fused-ring (bicyclic) bond motifs is 1. The number of hydrogen-bond acceptors (Lipinski definition) is 5. The summed E-state index contributed by atoms with van der Waals surface area (Å²) in [6.45, 7) is 0.220. The number of ether oxygens (including phenoxy) is 1. The third-order valence-electron chi connectivity index (χ3n) is 5.07. The molecule has 0 aromatic heterocycles. The van der Waals surface area contributed by atoms with Crippen LogP contribution in [0.2, 0.25) is 5.02 Å². The van der Waals surface area contributed by atoms with Crippen LogP contribution in [0.3, 0.4) is 0 Å². The smallest absolute Gasteiger partial charge is 0.329 e. The van der Waals surface area contributed by atoms with Crippen LogP contribution in [-0.4, -0.2) is 49.0 Å². The zero-order valence-corrected chi connectivity index (χ0v) is 18.9. The van der Waals surface area contributed by atoms with Crippen LogP contribution in [0.15, 0.2) is 48.5 Å². The highest BCUT2D eigenvalue weighted by atomic mass is 35.5. The molecule has 2 aromatic rings. The van der Waals surface area contributed by atoms with Crippen LogP contribution in [0, 0.1) is 0 Å². The van der Waals surface area contributed by atoms with Crippen LogP contribution in [0.25, 0.3) is 0 Å². The minimum absolute atomic E-state index is 0.276. The maximum atomic E-state index is 12.7. The summed E-state index contributed by atoms with van der Waals surface area (Å²) in [6.07, 6.45) is 4.08. The summed E-state index contributed by atoms with van der Waals surface area (Å²) in [5, 5.41) is 2.99. The lowest BCUT2D eigenvalue weighted by atomic mass is 10.0. The first-order valence-corrected chi connectivity index (χ1v) is 11.9. The molecule has 0 bridgehead atoms. The number of amides is 2. The largest absolute Gasteiger partial charge is 0.454 e. The van der Waals surface area contributed by atoms with Gasteiger partial charge in [0.2, 0.25) is 0 Å². The first kappa shape index (κ1) is 23.2. The highest BCUT2D eigenvalue weighted by molar-refractivity contribution is 7.98. The molecule has 6 nitrogen and oxygen atoms in total. The van der Waals surface area contributed by atoms with Crippen LogP contribution in [0.5, 0.6) is 0 Å². The number of anilines is 1. The van der Waals surface area contributed by atoms with Crippen molar-refractivity contribution in [3.8, 4) is 0 Å². The van der Waals surface area contributed by atoms with E-state index in [2.05, 4.69) is 5.32 Å². The number of nitrogens with zero attached hydrogens (tertiary/aromatic N) is 1. The van der Waals surface area contributed by atoms with Gasteiger partial charge in [0.05, 0.1) is 10.6 Å². The maximum Gasteiger partial charge on any atom is 0.329 e. The van der Waals surface area contributed by atoms with E-state index in [0.717, 1.165) is 24.1 Å². The number of nitrogens with one attached hydrogen (secondary N) is 1. The summed E-state index contributed by atoms with van der Waals surface area (Å²) >= 11 is 7.64. The normalized spacial score (nSPS) is 13.8. The van der Waals surface area contributed by atoms with Crippen molar-refractivity contribution >= 4 is 46.8 Å². The Bertz CT molecular complexity index is 953. The van der Waals surface area contributed by atoms with Crippen molar-refractivity contribution in [2.75, 3.05) is 30.1 Å². The van der Waals surface area contributed by atoms with Crippen molar-refractivity contribution in [2.45, 2.75) is 25.3 Å². The number of rotatable bonds is 8. The number of hydrogen-bond donors (Lipinski definition) is 1. The molecule has 0 saturated carbocycles. The predicted molar refractivity (Wildman–Crippen MR) is 124 cm³/mol. The first-order chi connectivity index (χ1) is 15.0. The highest BCUT2D eigenvalue weighted by Gasteiger charge is 2.27. The second-order valence-electron chi connectivity index (χ2n) is 7.17. The molecule has 0 fully saturated rings. The second kappa shape index (κ2) is 11.2. The van der Waals surface area contributed by atoms with Gasteiger partial charge in [-0.1, -0.05) is 41.9 Å². The standard InChI is InChI=1S/C23H25ClN2O4S/c1-31-14-12-19(25-22(28)17-9-3-4-10-18(17)24)23(29)30-15-21(27)26-13-6-8-16-7-2-5-11-20(16)26/h2-5,7,9-11,19H,6,8,12-15H2,1H3,(H,25,28). The number of benzene rings is 2. The third kappa shape index (κ3) is 6.02. The molecule has 2 amide bonds. The highest BCUT2D eigenvalue weighted by Crippen LogP contribution is 2.26. The molecule has 0 aliphatic carbocycles. The number of para-hydroxylation sites is 1. The van der Waals surface area contributed by atoms with Crippen molar-refractivity contribution < 1.29 is 19.1 Å². The van der Waals surface area contributed by atoms with E-state index in [-0.39, 0.29) is 18.1 Å². The molecule has 2 aromatic carbocycles. The van der Waals surface area contributed by atoms with Gasteiger partial charge in [-0.15, -0.1) is 0 Å². The summed E-state index contributed by atoms with van der Waals surface area (Å²) < 4.78 is 5.31. The van der Waals surface area contributed by atoms with Gasteiger partial charge < -0.3 is 15.0 Å². The molecule has 1 aliphatic heterocycles. The predicted octanol–water partition coefficient (Wildman–Crippen LogP) is 3.71. The molecule has 0 saturated heterocycles. The Hall–Kier alpha value is -2.51. The quantitative estimate of drug-likeness (QED) is 0.608. The number of thioether (sulfide) groups is 1. The fourth-order valence-electron chi connectivity index (χ4n) is 3.47. The summed E-state index contributed by atoms with van der Waals surface area (Å²) in [7, 11) is 0. The van der Waals surface area contributed by atoms with Crippen molar-refractivity contribution in [3.05, 3.63) is 64.7 Å². The van der Waals surface area contributed by atoms with Gasteiger partial charge in [0.15, 0.2) is 6.61 Å². The Balaban J connectivity index is 1.62. The van der Waals surface area contributed by atoms with Gasteiger partial charge in [-0.25, -0.2) is 4.79 Å². The zero-order valence-electron chi connectivity index (χ0n) is 17.3. The topological polar surface area (TPSA) is 75.7 Å². The van der Waals surface area contributed by atoms with Crippen molar-refractivity contribution in [3.63, 3.8) is 0 Å². The SMILES string of the molecule is CSCCC(NC(=O)c1ccccc1Cl)C(=O)OCC(=O)N1CCCc2ccccc21. The van der Waals surface area contributed by atoms with E-state index < -0.39 is 17.9 Å². The van der Waals surface area contributed by atoms with Gasteiger partial charge in [0, 0.05) is 12.2 Å². The van der Waals surface area contributed by atoms with Gasteiger partial charge >= 0.3 is 5.97 Å². The number of carbonyl (C=O) groups excluding carboxylic acids is 3. The van der Waals surface area contributed by atoms with Crippen LogP contribution in [0.4, 0.5) is 5.69 Å². The fraction of sp³-hybridized carbons (Fsp3) is 0.348. The maximum absolute atomic E-state index is 12.7. The number of esters is 1. The van der Waals surface area contributed by atoms with Gasteiger partial charge in [-0.05, 0) is 55.0 Å². The average molecular weight is 461 g/mol. The van der Waals surface area contributed by atoms with E-state index in [1.165, 1.54) is 0 Å². The number of halogens is 1. The average Bonchev–Trinajstić information content (AvgIpc) is 2.79. The Morgan fingerprint density at radius 3 is 2.68 bits per heavy atom. The van der Waals surface area contributed by atoms with Crippen LogP contribution in [-0.2, 0) is 20.7 Å². The van der Waals surface area contributed by atoms with E-state index in [1.54, 1.807) is 40.9 Å². The molecule has 1 unspecified atom stereocenters. The molecule has 31 heavy (non-hydrogen) atoms. The van der Waals surface area contributed by atoms with E-state index in [1.807, 2.05) is 30.5 Å². The minimum Gasteiger partial charge on any atom is -0.454 e. The summed E-state index contributed by atoms with van der Waals surface area (Å²) in [6, 6.07) is 13.5. The lowest BCUT2D eigenvalue weighted by Gasteiger charge is -2.29. The molecule has 1 atom stereocenters. The van der Waals surface area contributed by atoms with Gasteiger partial charge in [0.1, 0.15) is 6.04 Å². The summed E-state index contributed by atoms with van der Waals surface area (Å²) in [4.78, 5) is 39.7. The molecular formula is C23H25ClN2O4S. The molecule has 1 N–H and O–H groups in total. The number of carbonyl (C=O) groups is 3. The molecule has 1 heterocycles. The van der Waals surface area contributed by atoms with Crippen molar-refractivity contribution in [1.82, 2.24) is 5.32 Å². The van der Waals surface area contributed by atoms with Crippen LogP contribution in [0.1, 0.15) is 28.8 Å². The van der Waals surface area contributed by atoms with Crippen molar-refractivity contribution in [1.29, 1.82) is 0 Å². The monoisotopic (exact) mass is 460 g/mol. The Labute approximate surface area is 191 Å². The van der Waals surface area contributed by atoms with E-state index in [9.17, 15) is 14.4 Å². The number of aryl methyl sites for hydroxylation is 1.